The molecular weight excluding hydrogens is 347 g/mol. The zero-order valence-corrected chi connectivity index (χ0v) is 15.6. The summed E-state index contributed by atoms with van der Waals surface area (Å²) < 4.78 is 46.5. The lowest BCUT2D eigenvalue weighted by Gasteiger charge is -2.24. The summed E-state index contributed by atoms with van der Waals surface area (Å²) in [5.41, 5.74) is -0.229. The van der Waals surface area contributed by atoms with Crippen LogP contribution in [-0.4, -0.2) is 51.6 Å². The van der Waals surface area contributed by atoms with Crippen molar-refractivity contribution in [1.82, 2.24) is 9.62 Å². The predicted octanol–water partition coefficient (Wildman–Crippen LogP) is 2.01. The van der Waals surface area contributed by atoms with Gasteiger partial charge >= 0.3 is 0 Å². The lowest BCUT2D eigenvalue weighted by molar-refractivity contribution is 0.0726. The standard InChI is InChI=1S/C17H25FN2O4S/c1-4-20(10-13-7-8-24-11-13)17(21)15-9-14(5-6-16(15)18)25(22,23)19-12(2)3/h5-6,9,12-13,19H,4,7-8,10-11H2,1-3H3. The quantitative estimate of drug-likeness (QED) is 0.794. The zero-order chi connectivity index (χ0) is 18.6. The second-order valence-electron chi connectivity index (χ2n) is 6.49. The Hall–Kier alpha value is -1.51. The molecule has 140 valence electrons. The number of nitrogens with zero attached hydrogens (tertiary/aromatic N) is 1. The summed E-state index contributed by atoms with van der Waals surface area (Å²) in [4.78, 5) is 14.1. The van der Waals surface area contributed by atoms with Crippen LogP contribution in [0, 0.1) is 11.7 Å². The number of halogens is 1. The Kier molecular flexibility index (Phi) is 6.53. The number of ether oxygens (including phenoxy) is 1. The van der Waals surface area contributed by atoms with Gasteiger partial charge in [-0.3, -0.25) is 4.79 Å². The number of sulfonamides is 1. The summed E-state index contributed by atoms with van der Waals surface area (Å²) >= 11 is 0. The predicted molar refractivity (Wildman–Crippen MR) is 92.4 cm³/mol. The summed E-state index contributed by atoms with van der Waals surface area (Å²) in [5, 5.41) is 0. The highest BCUT2D eigenvalue weighted by atomic mass is 32.2. The number of hydrogen-bond donors (Lipinski definition) is 1. The summed E-state index contributed by atoms with van der Waals surface area (Å²) in [7, 11) is -3.79. The maximum Gasteiger partial charge on any atom is 0.256 e. The maximum absolute atomic E-state index is 14.2. The number of carbonyl (C=O) groups is 1. The van der Waals surface area contributed by atoms with Crippen molar-refractivity contribution < 1.29 is 22.3 Å². The van der Waals surface area contributed by atoms with Gasteiger partial charge in [-0.1, -0.05) is 0 Å². The van der Waals surface area contributed by atoms with Crippen molar-refractivity contribution in [2.24, 2.45) is 5.92 Å². The third-order valence-electron chi connectivity index (χ3n) is 4.04. The molecule has 1 aromatic carbocycles. The van der Waals surface area contributed by atoms with Crippen LogP contribution in [0.2, 0.25) is 0 Å². The van der Waals surface area contributed by atoms with Crippen LogP contribution in [0.3, 0.4) is 0 Å². The highest BCUT2D eigenvalue weighted by molar-refractivity contribution is 7.89. The fourth-order valence-electron chi connectivity index (χ4n) is 2.78. The molecule has 1 aliphatic rings. The van der Waals surface area contributed by atoms with E-state index in [1.807, 2.05) is 6.92 Å². The van der Waals surface area contributed by atoms with E-state index in [2.05, 4.69) is 4.72 Å². The molecule has 1 aliphatic heterocycles. The number of benzene rings is 1. The normalized spacial score (nSPS) is 17.9. The molecule has 1 heterocycles. The van der Waals surface area contributed by atoms with Gasteiger partial charge in [0.1, 0.15) is 5.82 Å². The molecule has 0 aromatic heterocycles. The minimum atomic E-state index is -3.79. The van der Waals surface area contributed by atoms with Crippen LogP contribution >= 0.6 is 0 Å². The molecule has 0 radical (unpaired) electrons. The SMILES string of the molecule is CCN(CC1CCOC1)C(=O)c1cc(S(=O)(=O)NC(C)C)ccc1F. The number of amides is 1. The van der Waals surface area contributed by atoms with E-state index >= 15 is 0 Å². The summed E-state index contributed by atoms with van der Waals surface area (Å²) in [5.74, 6) is -1.01. The number of nitrogens with one attached hydrogen (secondary N) is 1. The van der Waals surface area contributed by atoms with Gasteiger partial charge in [0.2, 0.25) is 10.0 Å². The highest BCUT2D eigenvalue weighted by Gasteiger charge is 2.26. The van der Waals surface area contributed by atoms with E-state index in [4.69, 9.17) is 4.74 Å². The second kappa shape index (κ2) is 8.25. The fraction of sp³-hybridized carbons (Fsp3) is 0.588. The first-order valence-electron chi connectivity index (χ1n) is 8.43. The molecule has 0 bridgehead atoms. The second-order valence-corrected chi connectivity index (χ2v) is 8.21. The van der Waals surface area contributed by atoms with E-state index in [1.54, 1.807) is 13.8 Å². The van der Waals surface area contributed by atoms with Crippen molar-refractivity contribution in [1.29, 1.82) is 0 Å². The molecule has 1 atom stereocenters. The van der Waals surface area contributed by atoms with E-state index in [-0.39, 0.29) is 22.4 Å². The summed E-state index contributed by atoms with van der Waals surface area (Å²) in [6, 6.07) is 2.99. The molecule has 1 fully saturated rings. The molecule has 0 aliphatic carbocycles. The Balaban J connectivity index is 2.27. The van der Waals surface area contributed by atoms with Crippen molar-refractivity contribution in [3.63, 3.8) is 0 Å². The van der Waals surface area contributed by atoms with Crippen molar-refractivity contribution in [2.75, 3.05) is 26.3 Å². The van der Waals surface area contributed by atoms with Crippen LogP contribution in [0.25, 0.3) is 0 Å². The number of carbonyl (C=O) groups excluding carboxylic acids is 1. The molecule has 1 aromatic rings. The molecule has 25 heavy (non-hydrogen) atoms. The minimum Gasteiger partial charge on any atom is -0.381 e. The van der Waals surface area contributed by atoms with Gasteiger partial charge < -0.3 is 9.64 Å². The Bertz CT molecular complexity index is 715. The van der Waals surface area contributed by atoms with Crippen LogP contribution in [0.15, 0.2) is 23.1 Å². The van der Waals surface area contributed by atoms with Gasteiger partial charge in [-0.2, -0.15) is 0 Å². The van der Waals surface area contributed by atoms with Crippen LogP contribution < -0.4 is 4.72 Å². The van der Waals surface area contributed by atoms with Crippen LogP contribution in [0.1, 0.15) is 37.6 Å². The highest BCUT2D eigenvalue weighted by Crippen LogP contribution is 2.20. The Morgan fingerprint density at radius 2 is 2.16 bits per heavy atom. The molecule has 1 saturated heterocycles. The Morgan fingerprint density at radius 1 is 1.44 bits per heavy atom. The molecule has 8 heteroatoms. The van der Waals surface area contributed by atoms with Crippen molar-refractivity contribution in [2.45, 2.75) is 38.1 Å². The molecule has 0 spiro atoms. The third kappa shape index (κ3) is 4.99. The van der Waals surface area contributed by atoms with Crippen LogP contribution in [0.4, 0.5) is 4.39 Å². The Morgan fingerprint density at radius 3 is 2.72 bits per heavy atom. The largest absolute Gasteiger partial charge is 0.381 e. The van der Waals surface area contributed by atoms with Crippen LogP contribution in [0.5, 0.6) is 0 Å². The van der Waals surface area contributed by atoms with Gasteiger partial charge in [0.15, 0.2) is 0 Å². The monoisotopic (exact) mass is 372 g/mol. The minimum absolute atomic E-state index is 0.119. The van der Waals surface area contributed by atoms with E-state index in [0.717, 1.165) is 24.6 Å². The molecule has 6 nitrogen and oxygen atoms in total. The van der Waals surface area contributed by atoms with Gasteiger partial charge in [-0.15, -0.1) is 0 Å². The van der Waals surface area contributed by atoms with Gasteiger partial charge in [-0.25, -0.2) is 17.5 Å². The van der Waals surface area contributed by atoms with Gasteiger partial charge in [0.25, 0.3) is 5.91 Å². The van der Waals surface area contributed by atoms with E-state index in [0.29, 0.717) is 26.3 Å². The molecular formula is C17H25FN2O4S. The van der Waals surface area contributed by atoms with Crippen molar-refractivity contribution in [3.8, 4) is 0 Å². The molecule has 1 amide bonds. The Labute approximate surface area is 148 Å². The maximum atomic E-state index is 14.2. The fourth-order valence-corrected chi connectivity index (χ4v) is 4.06. The molecule has 2 rings (SSSR count). The topological polar surface area (TPSA) is 75.7 Å². The first kappa shape index (κ1) is 19.8. The third-order valence-corrected chi connectivity index (χ3v) is 5.70. The lowest BCUT2D eigenvalue weighted by atomic mass is 10.1. The van der Waals surface area contributed by atoms with Crippen LogP contribution in [-0.2, 0) is 14.8 Å². The van der Waals surface area contributed by atoms with Gasteiger partial charge in [-0.05, 0) is 45.4 Å². The average Bonchev–Trinajstić information content (AvgIpc) is 3.04. The van der Waals surface area contributed by atoms with Gasteiger partial charge in [0, 0.05) is 31.7 Å². The van der Waals surface area contributed by atoms with Crippen molar-refractivity contribution in [3.05, 3.63) is 29.6 Å². The smallest absolute Gasteiger partial charge is 0.256 e. The van der Waals surface area contributed by atoms with E-state index < -0.39 is 21.7 Å². The summed E-state index contributed by atoms with van der Waals surface area (Å²) in [6.07, 6.45) is 0.860. The lowest BCUT2D eigenvalue weighted by Crippen LogP contribution is -2.36. The van der Waals surface area contributed by atoms with Gasteiger partial charge in [0.05, 0.1) is 17.1 Å². The molecule has 1 N–H and O–H groups in total. The molecule has 1 unspecified atom stereocenters. The first-order chi connectivity index (χ1) is 11.7. The number of hydrogen-bond acceptors (Lipinski definition) is 4. The molecule has 0 saturated carbocycles. The van der Waals surface area contributed by atoms with E-state index in [9.17, 15) is 17.6 Å². The average molecular weight is 372 g/mol. The first-order valence-corrected chi connectivity index (χ1v) is 9.91. The zero-order valence-electron chi connectivity index (χ0n) is 14.8. The summed E-state index contributed by atoms with van der Waals surface area (Å²) in [6.45, 7) is 7.32. The van der Waals surface area contributed by atoms with E-state index in [1.165, 1.54) is 4.90 Å². The van der Waals surface area contributed by atoms with Crippen molar-refractivity contribution >= 4 is 15.9 Å². The number of rotatable bonds is 7.